The summed E-state index contributed by atoms with van der Waals surface area (Å²) in [6, 6.07) is 0. The molecule has 1 fully saturated rings. The summed E-state index contributed by atoms with van der Waals surface area (Å²) in [5.41, 5.74) is 0. The number of ether oxygens (including phenoxy) is 4. The lowest BCUT2D eigenvalue weighted by Crippen LogP contribution is -2.60. The average Bonchev–Trinajstić information content (AvgIpc) is 3.27. The Morgan fingerprint density at radius 3 is 1.38 bits per heavy atom. The van der Waals surface area contributed by atoms with E-state index in [1.165, 1.54) is 135 Å². The van der Waals surface area contributed by atoms with Crippen LogP contribution in [0.15, 0.2) is 24.3 Å². The van der Waals surface area contributed by atoms with Crippen molar-refractivity contribution in [1.82, 2.24) is 0 Å². The van der Waals surface area contributed by atoms with E-state index in [0.717, 1.165) is 64.2 Å². The molecular formula is C52H96O12S. The first-order valence-electron chi connectivity index (χ1n) is 26.4. The van der Waals surface area contributed by atoms with Crippen molar-refractivity contribution in [2.45, 2.75) is 275 Å². The standard InChI is InChI=1S/C52H96O12S/c1-3-5-7-9-11-13-15-17-19-20-21-22-23-24-25-27-29-31-33-35-37-39-41-48(54)63-45(43-62-52-51(57)50(56)49(55)46(64-52)44-65(58,59)60)42-61-47(53)40-38-36-34-32-30-28-26-18-16-14-12-10-8-6-4-2/h12,14,18,26,45-46,49-52,55-57H,3-11,13,15-17,19-25,27-44H2,1-2H3,(H,58,59,60)/b14-12+,26-18+/t45-,46-,49-,50?,51?,52+/m1/s1. The average molecular weight is 945 g/mol. The molecule has 0 saturated carbocycles. The maximum atomic E-state index is 12.9. The second-order valence-electron chi connectivity index (χ2n) is 18.5. The molecule has 0 aromatic heterocycles. The van der Waals surface area contributed by atoms with Crippen LogP contribution in [0.4, 0.5) is 0 Å². The van der Waals surface area contributed by atoms with Crippen LogP contribution in [0.25, 0.3) is 0 Å². The molecule has 65 heavy (non-hydrogen) atoms. The Morgan fingerprint density at radius 2 is 0.923 bits per heavy atom. The van der Waals surface area contributed by atoms with E-state index in [1.54, 1.807) is 0 Å². The lowest BCUT2D eigenvalue weighted by atomic mass is 10.00. The molecule has 6 atom stereocenters. The number of carbonyl (C=O) groups excluding carboxylic acids is 2. The first-order valence-corrected chi connectivity index (χ1v) is 28.0. The highest BCUT2D eigenvalue weighted by Gasteiger charge is 2.46. The highest BCUT2D eigenvalue weighted by Crippen LogP contribution is 2.24. The van der Waals surface area contributed by atoms with Gasteiger partial charge in [-0.15, -0.1) is 0 Å². The second-order valence-corrected chi connectivity index (χ2v) is 20.0. The molecule has 13 heteroatoms. The third-order valence-corrected chi connectivity index (χ3v) is 13.0. The number of hydrogen-bond acceptors (Lipinski definition) is 11. The third-order valence-electron chi connectivity index (χ3n) is 12.3. The number of carbonyl (C=O) groups is 2. The zero-order chi connectivity index (χ0) is 47.6. The molecule has 0 radical (unpaired) electrons. The summed E-state index contributed by atoms with van der Waals surface area (Å²) >= 11 is 0. The minimum atomic E-state index is -4.60. The zero-order valence-corrected chi connectivity index (χ0v) is 41.9. The normalized spacial score (nSPS) is 19.6. The fourth-order valence-electron chi connectivity index (χ4n) is 8.18. The second kappa shape index (κ2) is 42.2. The number of hydrogen-bond donors (Lipinski definition) is 4. The van der Waals surface area contributed by atoms with Gasteiger partial charge in [-0.3, -0.25) is 14.1 Å². The quantitative estimate of drug-likeness (QED) is 0.0196. The lowest BCUT2D eigenvalue weighted by Gasteiger charge is -2.40. The van der Waals surface area contributed by atoms with Crippen LogP contribution < -0.4 is 0 Å². The summed E-state index contributed by atoms with van der Waals surface area (Å²) < 4.78 is 54.2. The summed E-state index contributed by atoms with van der Waals surface area (Å²) in [5, 5.41) is 31.0. The first-order chi connectivity index (χ1) is 31.5. The van der Waals surface area contributed by atoms with Crippen molar-refractivity contribution < 1.29 is 56.8 Å². The minimum absolute atomic E-state index is 0.166. The van der Waals surface area contributed by atoms with Crippen molar-refractivity contribution in [2.24, 2.45) is 0 Å². The van der Waals surface area contributed by atoms with Gasteiger partial charge in [0.2, 0.25) is 0 Å². The number of allylic oxidation sites excluding steroid dienone is 4. The zero-order valence-electron chi connectivity index (χ0n) is 41.1. The molecule has 4 N–H and O–H groups in total. The maximum absolute atomic E-state index is 12.9. The van der Waals surface area contributed by atoms with Gasteiger partial charge in [-0.2, -0.15) is 8.42 Å². The Morgan fingerprint density at radius 1 is 0.523 bits per heavy atom. The monoisotopic (exact) mass is 945 g/mol. The number of unbranched alkanes of at least 4 members (excludes halogenated alkanes) is 29. The molecule has 1 aliphatic heterocycles. The lowest BCUT2D eigenvalue weighted by molar-refractivity contribution is -0.297. The van der Waals surface area contributed by atoms with Crippen LogP contribution in [0, 0.1) is 0 Å². The Labute approximate surface area is 396 Å². The van der Waals surface area contributed by atoms with Crippen molar-refractivity contribution in [2.75, 3.05) is 19.0 Å². The highest BCUT2D eigenvalue weighted by molar-refractivity contribution is 7.85. The molecule has 1 aliphatic rings. The molecule has 0 aromatic carbocycles. The van der Waals surface area contributed by atoms with Crippen LogP contribution in [0.1, 0.15) is 239 Å². The van der Waals surface area contributed by atoms with Crippen LogP contribution >= 0.6 is 0 Å². The summed E-state index contributed by atoms with van der Waals surface area (Å²) in [6.45, 7) is 3.76. The van der Waals surface area contributed by atoms with Gasteiger partial charge in [-0.1, -0.05) is 205 Å². The van der Waals surface area contributed by atoms with E-state index in [1.807, 2.05) is 0 Å². The number of esters is 2. The molecule has 1 heterocycles. The van der Waals surface area contributed by atoms with E-state index in [0.29, 0.717) is 12.8 Å². The predicted octanol–water partition coefficient (Wildman–Crippen LogP) is 12.0. The number of aliphatic hydroxyl groups is 3. The van der Waals surface area contributed by atoms with Gasteiger partial charge in [0.05, 0.1) is 6.61 Å². The van der Waals surface area contributed by atoms with Crippen LogP contribution in [-0.2, 0) is 38.7 Å². The molecule has 0 bridgehead atoms. The summed E-state index contributed by atoms with van der Waals surface area (Å²) in [6.07, 6.45) is 39.3. The van der Waals surface area contributed by atoms with Gasteiger partial charge in [-0.25, -0.2) is 0 Å². The Kier molecular flexibility index (Phi) is 39.7. The molecule has 12 nitrogen and oxygen atoms in total. The minimum Gasteiger partial charge on any atom is -0.462 e. The van der Waals surface area contributed by atoms with Crippen molar-refractivity contribution in [3.05, 3.63) is 24.3 Å². The first kappa shape index (κ1) is 61.1. The fraction of sp³-hybridized carbons (Fsp3) is 0.885. The third kappa shape index (κ3) is 36.8. The van der Waals surface area contributed by atoms with Gasteiger partial charge in [-0.05, 0) is 44.9 Å². The van der Waals surface area contributed by atoms with Crippen molar-refractivity contribution in [1.29, 1.82) is 0 Å². The molecule has 0 spiro atoms. The highest BCUT2D eigenvalue weighted by atomic mass is 32.2. The maximum Gasteiger partial charge on any atom is 0.306 e. The Bertz CT molecular complexity index is 1290. The fourth-order valence-corrected chi connectivity index (χ4v) is 8.87. The van der Waals surface area contributed by atoms with E-state index < -0.39 is 71.2 Å². The van der Waals surface area contributed by atoms with Crippen LogP contribution in [-0.4, -0.2) is 96.0 Å². The Balaban J connectivity index is 2.34. The molecule has 0 aliphatic carbocycles. The number of aliphatic hydroxyl groups excluding tert-OH is 3. The van der Waals surface area contributed by atoms with Gasteiger partial charge in [0.25, 0.3) is 10.1 Å². The molecule has 1 saturated heterocycles. The SMILES string of the molecule is CCCCC/C=C/C/C=C/CCCCCCCC(=O)OC[C@H](CO[C@H]1O[C@H](CS(=O)(=O)O)[C@@H](O)C(O)C1O)OC(=O)CCCCCCCCCCCCCCCCCCCCCCCC. The van der Waals surface area contributed by atoms with Crippen LogP contribution in [0.5, 0.6) is 0 Å². The summed E-state index contributed by atoms with van der Waals surface area (Å²) in [7, 11) is -4.60. The van der Waals surface area contributed by atoms with Gasteiger partial charge in [0, 0.05) is 12.8 Å². The van der Waals surface area contributed by atoms with Crippen LogP contribution in [0.2, 0.25) is 0 Å². The molecule has 0 aromatic rings. The topological polar surface area (TPSA) is 186 Å². The van der Waals surface area contributed by atoms with E-state index in [4.69, 9.17) is 18.9 Å². The smallest absolute Gasteiger partial charge is 0.306 e. The van der Waals surface area contributed by atoms with E-state index in [-0.39, 0.29) is 19.4 Å². The van der Waals surface area contributed by atoms with Crippen molar-refractivity contribution in [3.8, 4) is 0 Å². The molecule has 2 unspecified atom stereocenters. The molecule has 382 valence electrons. The predicted molar refractivity (Wildman–Crippen MR) is 261 cm³/mol. The van der Waals surface area contributed by atoms with E-state index in [9.17, 15) is 37.9 Å². The van der Waals surface area contributed by atoms with Crippen molar-refractivity contribution in [3.63, 3.8) is 0 Å². The van der Waals surface area contributed by atoms with Crippen LogP contribution in [0.3, 0.4) is 0 Å². The van der Waals surface area contributed by atoms with Gasteiger partial charge < -0.3 is 34.3 Å². The number of rotatable bonds is 45. The van der Waals surface area contributed by atoms with E-state index in [2.05, 4.69) is 38.2 Å². The molecule has 1 rings (SSSR count). The van der Waals surface area contributed by atoms with Gasteiger partial charge in [0.15, 0.2) is 12.4 Å². The van der Waals surface area contributed by atoms with Gasteiger partial charge in [0.1, 0.15) is 36.8 Å². The summed E-state index contributed by atoms with van der Waals surface area (Å²) in [5.74, 6) is -1.99. The largest absolute Gasteiger partial charge is 0.462 e. The van der Waals surface area contributed by atoms with E-state index >= 15 is 0 Å². The molecular weight excluding hydrogens is 849 g/mol. The summed E-state index contributed by atoms with van der Waals surface area (Å²) in [4.78, 5) is 25.5. The molecule has 0 amide bonds. The Hall–Kier alpha value is -1.87. The van der Waals surface area contributed by atoms with Crippen molar-refractivity contribution >= 4 is 22.1 Å². The van der Waals surface area contributed by atoms with Gasteiger partial charge >= 0.3 is 11.9 Å².